The normalized spacial score (nSPS) is 31.4. The van der Waals surface area contributed by atoms with E-state index < -0.39 is 4.87 Å². The zero-order valence-corrected chi connectivity index (χ0v) is 7.25. The monoisotopic (exact) mass is 181 g/mol. The van der Waals surface area contributed by atoms with Crippen molar-refractivity contribution in [3.05, 3.63) is 0 Å². The van der Waals surface area contributed by atoms with E-state index in [9.17, 15) is 0 Å². The minimum absolute atomic E-state index is 0.442. The van der Waals surface area contributed by atoms with E-state index >= 15 is 0 Å². The van der Waals surface area contributed by atoms with Gasteiger partial charge in [-0.3, -0.25) is 0 Å². The number of nitrogens with two attached hydrogens (primary N) is 1. The van der Waals surface area contributed by atoms with E-state index in [1.54, 1.807) is 0 Å². The van der Waals surface area contributed by atoms with Crippen molar-refractivity contribution >= 4 is 36.1 Å². The van der Waals surface area contributed by atoms with E-state index in [-0.39, 0.29) is 0 Å². The minimum Gasteiger partial charge on any atom is -0.384 e. The van der Waals surface area contributed by atoms with Crippen LogP contribution in [0.2, 0.25) is 0 Å². The summed E-state index contributed by atoms with van der Waals surface area (Å²) in [4.78, 5) is 15.4. The number of fused-ring (bicyclic) bond motifs is 1. The molecule has 2 heterocycles. The first-order chi connectivity index (χ1) is 5.79. The first kappa shape index (κ1) is 7.48. The second-order valence-corrected chi connectivity index (χ2v) is 3.30. The molecule has 0 saturated carbocycles. The molecule has 62 valence electrons. The van der Waals surface area contributed by atoms with Gasteiger partial charge in [0, 0.05) is 0 Å². The van der Waals surface area contributed by atoms with Crippen molar-refractivity contribution in [1.82, 2.24) is 0 Å². The van der Waals surface area contributed by atoms with Crippen LogP contribution in [0.1, 0.15) is 0 Å². The van der Waals surface area contributed by atoms with Gasteiger partial charge < -0.3 is 5.73 Å². The van der Waals surface area contributed by atoms with Gasteiger partial charge in [-0.05, 0) is 6.26 Å². The molecule has 2 aliphatic rings. The van der Waals surface area contributed by atoms with Crippen molar-refractivity contribution in [2.24, 2.45) is 25.7 Å². The molecule has 0 aliphatic carbocycles. The van der Waals surface area contributed by atoms with Crippen LogP contribution in [0.3, 0.4) is 0 Å². The molecule has 2 rings (SSSR count). The van der Waals surface area contributed by atoms with Crippen LogP contribution in [0.4, 0.5) is 0 Å². The molecule has 2 aliphatic heterocycles. The molecule has 5 nitrogen and oxygen atoms in total. The van der Waals surface area contributed by atoms with Crippen LogP contribution in [0.15, 0.2) is 20.0 Å². The summed E-state index contributed by atoms with van der Waals surface area (Å²) in [5, 5.41) is 0. The Bertz CT molecular complexity index is 329. The highest BCUT2D eigenvalue weighted by atomic mass is 32.2. The predicted molar refractivity (Wildman–Crippen MR) is 52.3 cm³/mol. The fourth-order valence-corrected chi connectivity index (χ4v) is 1.80. The molecule has 0 amide bonds. The van der Waals surface area contributed by atoms with Crippen molar-refractivity contribution < 1.29 is 0 Å². The average Bonchev–Trinajstić information content (AvgIpc) is 2.50. The maximum absolute atomic E-state index is 5.71. The molecule has 2 N–H and O–H groups in total. The Balaban J connectivity index is 2.53. The third kappa shape index (κ3) is 0.752. The molecule has 1 unspecified atom stereocenters. The third-order valence-corrected chi connectivity index (χ3v) is 2.83. The molecule has 12 heavy (non-hydrogen) atoms. The standard InChI is InChI=1S/C6H7N5S/c1-12-6-4(7)8-2-9-5(6)10-3-11-6/h2-3H,1H3,(H2,7,8,9,10,11). The molecule has 0 bridgehead atoms. The van der Waals surface area contributed by atoms with Crippen LogP contribution in [-0.4, -0.2) is 35.5 Å². The largest absolute Gasteiger partial charge is 0.384 e. The van der Waals surface area contributed by atoms with Crippen molar-refractivity contribution in [3.63, 3.8) is 0 Å². The second kappa shape index (κ2) is 2.41. The highest BCUT2D eigenvalue weighted by Gasteiger charge is 2.42. The second-order valence-electron chi connectivity index (χ2n) is 2.30. The van der Waals surface area contributed by atoms with Crippen LogP contribution in [0, 0.1) is 0 Å². The summed E-state index contributed by atoms with van der Waals surface area (Å²) in [5.41, 5.74) is 5.71. The van der Waals surface area contributed by atoms with Gasteiger partial charge in [0.05, 0.1) is 0 Å². The lowest BCUT2D eigenvalue weighted by atomic mass is 10.2. The van der Waals surface area contributed by atoms with Gasteiger partial charge >= 0.3 is 0 Å². The van der Waals surface area contributed by atoms with Gasteiger partial charge in [-0.1, -0.05) is 0 Å². The van der Waals surface area contributed by atoms with E-state index in [0.717, 1.165) is 0 Å². The highest BCUT2D eigenvalue weighted by Crippen LogP contribution is 2.31. The summed E-state index contributed by atoms with van der Waals surface area (Å²) >= 11 is 1.47. The lowest BCUT2D eigenvalue weighted by molar-refractivity contribution is 1.05. The van der Waals surface area contributed by atoms with Gasteiger partial charge in [0.2, 0.25) is 4.87 Å². The van der Waals surface area contributed by atoms with Crippen molar-refractivity contribution in [2.75, 3.05) is 6.26 Å². The number of thioether (sulfide) groups is 1. The molecule has 0 spiro atoms. The Morgan fingerprint density at radius 1 is 1.42 bits per heavy atom. The Hall–Kier alpha value is -1.17. The predicted octanol–water partition coefficient (Wildman–Crippen LogP) is -0.115. The van der Waals surface area contributed by atoms with E-state index in [1.807, 2.05) is 6.26 Å². The molecular weight excluding hydrogens is 174 g/mol. The fourth-order valence-electron chi connectivity index (χ4n) is 1.09. The SMILES string of the molecule is CSC12N=CN=C1N=CN=C2N. The first-order valence-corrected chi connectivity index (χ1v) is 4.55. The third-order valence-electron chi connectivity index (χ3n) is 1.74. The number of hydrogen-bond donors (Lipinski definition) is 1. The lowest BCUT2D eigenvalue weighted by Gasteiger charge is -2.24. The fraction of sp³-hybridized carbons (Fsp3) is 0.333. The molecule has 0 aromatic carbocycles. The van der Waals surface area contributed by atoms with Gasteiger partial charge in [-0.2, -0.15) is 0 Å². The van der Waals surface area contributed by atoms with Gasteiger partial charge in [0.1, 0.15) is 18.5 Å². The zero-order valence-electron chi connectivity index (χ0n) is 6.43. The summed E-state index contributed by atoms with van der Waals surface area (Å²) in [7, 11) is 0. The van der Waals surface area contributed by atoms with Gasteiger partial charge in [-0.25, -0.2) is 20.0 Å². The topological polar surface area (TPSA) is 75.5 Å². The van der Waals surface area contributed by atoms with Crippen molar-refractivity contribution in [3.8, 4) is 0 Å². The number of hydrogen-bond acceptors (Lipinski definition) is 6. The molecule has 0 aromatic rings. The van der Waals surface area contributed by atoms with E-state index in [0.29, 0.717) is 11.7 Å². The van der Waals surface area contributed by atoms with Crippen LogP contribution < -0.4 is 5.73 Å². The minimum atomic E-state index is -0.644. The average molecular weight is 181 g/mol. The maximum atomic E-state index is 5.71. The Kier molecular flexibility index (Phi) is 1.50. The van der Waals surface area contributed by atoms with E-state index in [1.165, 1.54) is 24.4 Å². The number of aliphatic imine (C=N–C) groups is 4. The first-order valence-electron chi connectivity index (χ1n) is 3.33. The Labute approximate surface area is 73.6 Å². The van der Waals surface area contributed by atoms with Crippen LogP contribution >= 0.6 is 11.8 Å². The van der Waals surface area contributed by atoms with Crippen LogP contribution in [0.25, 0.3) is 0 Å². The molecule has 0 saturated heterocycles. The van der Waals surface area contributed by atoms with Crippen LogP contribution in [0.5, 0.6) is 0 Å². The summed E-state index contributed by atoms with van der Waals surface area (Å²) < 4.78 is 0. The Morgan fingerprint density at radius 2 is 2.25 bits per heavy atom. The van der Waals surface area contributed by atoms with E-state index in [4.69, 9.17) is 5.73 Å². The summed E-state index contributed by atoms with van der Waals surface area (Å²) in [6.45, 7) is 0. The highest BCUT2D eigenvalue weighted by molar-refractivity contribution is 8.01. The molecule has 0 fully saturated rings. The molecule has 0 aromatic heterocycles. The quantitative estimate of drug-likeness (QED) is 0.612. The molecule has 6 heteroatoms. The molecule has 1 atom stereocenters. The van der Waals surface area contributed by atoms with Gasteiger partial charge in [0.25, 0.3) is 0 Å². The summed E-state index contributed by atoms with van der Waals surface area (Å²) in [6.07, 6.45) is 4.77. The summed E-state index contributed by atoms with van der Waals surface area (Å²) in [5.74, 6) is 1.06. The van der Waals surface area contributed by atoms with Crippen LogP contribution in [-0.2, 0) is 0 Å². The molecular formula is C6H7N5S. The zero-order chi connectivity index (χ0) is 8.60. The smallest absolute Gasteiger partial charge is 0.223 e. The van der Waals surface area contributed by atoms with Gasteiger partial charge in [0.15, 0.2) is 5.84 Å². The number of amidine groups is 2. The summed E-state index contributed by atoms with van der Waals surface area (Å²) in [6, 6.07) is 0. The Morgan fingerprint density at radius 3 is 2.92 bits per heavy atom. The van der Waals surface area contributed by atoms with Crippen molar-refractivity contribution in [2.45, 2.75) is 4.87 Å². The van der Waals surface area contributed by atoms with Gasteiger partial charge in [-0.15, -0.1) is 11.8 Å². The van der Waals surface area contributed by atoms with E-state index in [2.05, 4.69) is 20.0 Å². The number of rotatable bonds is 1. The lowest BCUT2D eigenvalue weighted by Crippen LogP contribution is -2.45. The molecule has 0 radical (unpaired) electrons. The number of nitrogens with zero attached hydrogens (tertiary/aromatic N) is 4. The maximum Gasteiger partial charge on any atom is 0.223 e. The van der Waals surface area contributed by atoms with Crippen molar-refractivity contribution in [1.29, 1.82) is 0 Å².